The quantitative estimate of drug-likeness (QED) is 0.825. The first-order valence-corrected chi connectivity index (χ1v) is 7.28. The third-order valence-electron chi connectivity index (χ3n) is 3.90. The van der Waals surface area contributed by atoms with Crippen molar-refractivity contribution < 1.29 is 9.47 Å². The molecule has 0 radical (unpaired) electrons. The Hall–Kier alpha value is -1.22. The SMILES string of the molecule is COc1ccc(CNC2CCCCCC2)cc1OC. The molecule has 0 aromatic heterocycles. The molecule has 0 bridgehead atoms. The molecule has 1 N–H and O–H groups in total. The zero-order chi connectivity index (χ0) is 13.5. The lowest BCUT2D eigenvalue weighted by Crippen LogP contribution is -2.27. The number of rotatable bonds is 5. The van der Waals surface area contributed by atoms with Gasteiger partial charge < -0.3 is 14.8 Å². The van der Waals surface area contributed by atoms with E-state index >= 15 is 0 Å². The molecule has 0 amide bonds. The van der Waals surface area contributed by atoms with Crippen molar-refractivity contribution >= 4 is 0 Å². The maximum Gasteiger partial charge on any atom is 0.161 e. The number of benzene rings is 1. The van der Waals surface area contributed by atoms with Gasteiger partial charge >= 0.3 is 0 Å². The molecule has 106 valence electrons. The number of methoxy groups -OCH3 is 2. The van der Waals surface area contributed by atoms with Gasteiger partial charge in [0.25, 0.3) is 0 Å². The van der Waals surface area contributed by atoms with E-state index in [0.717, 1.165) is 18.0 Å². The zero-order valence-electron chi connectivity index (χ0n) is 12.1. The van der Waals surface area contributed by atoms with Crippen LogP contribution in [0.4, 0.5) is 0 Å². The van der Waals surface area contributed by atoms with Crippen molar-refractivity contribution in [2.45, 2.75) is 51.1 Å². The Kier molecular flexibility index (Phi) is 5.52. The molecule has 0 unspecified atom stereocenters. The molecule has 19 heavy (non-hydrogen) atoms. The molecular formula is C16H25NO2. The third-order valence-corrected chi connectivity index (χ3v) is 3.90. The molecule has 3 heteroatoms. The summed E-state index contributed by atoms with van der Waals surface area (Å²) in [5.74, 6) is 1.60. The van der Waals surface area contributed by atoms with Crippen LogP contribution in [0.3, 0.4) is 0 Å². The average molecular weight is 263 g/mol. The minimum atomic E-state index is 0.676. The summed E-state index contributed by atoms with van der Waals surface area (Å²) in [6, 6.07) is 6.81. The summed E-state index contributed by atoms with van der Waals surface area (Å²) in [6.45, 7) is 0.908. The highest BCUT2D eigenvalue weighted by molar-refractivity contribution is 5.42. The number of nitrogens with one attached hydrogen (secondary N) is 1. The van der Waals surface area contributed by atoms with Crippen molar-refractivity contribution in [3.63, 3.8) is 0 Å². The van der Waals surface area contributed by atoms with Gasteiger partial charge in [-0.2, -0.15) is 0 Å². The summed E-state index contributed by atoms with van der Waals surface area (Å²) in [5, 5.41) is 3.67. The monoisotopic (exact) mass is 263 g/mol. The average Bonchev–Trinajstić information content (AvgIpc) is 2.73. The summed E-state index contributed by atoms with van der Waals surface area (Å²) < 4.78 is 10.6. The number of hydrogen-bond acceptors (Lipinski definition) is 3. The lowest BCUT2D eigenvalue weighted by molar-refractivity contribution is 0.354. The Morgan fingerprint density at radius 2 is 1.68 bits per heavy atom. The van der Waals surface area contributed by atoms with Gasteiger partial charge in [0, 0.05) is 12.6 Å². The van der Waals surface area contributed by atoms with Crippen LogP contribution < -0.4 is 14.8 Å². The van der Waals surface area contributed by atoms with Crippen molar-refractivity contribution in [3.05, 3.63) is 23.8 Å². The first-order valence-electron chi connectivity index (χ1n) is 7.28. The second-order valence-electron chi connectivity index (χ2n) is 5.26. The van der Waals surface area contributed by atoms with Gasteiger partial charge in [-0.1, -0.05) is 31.7 Å². The first kappa shape index (κ1) is 14.2. The van der Waals surface area contributed by atoms with Gasteiger partial charge in [0.05, 0.1) is 14.2 Å². The summed E-state index contributed by atoms with van der Waals surface area (Å²) in [4.78, 5) is 0. The van der Waals surface area contributed by atoms with Gasteiger partial charge in [0.1, 0.15) is 0 Å². The lowest BCUT2D eigenvalue weighted by atomic mass is 10.1. The van der Waals surface area contributed by atoms with E-state index in [1.54, 1.807) is 14.2 Å². The van der Waals surface area contributed by atoms with Gasteiger partial charge in [0.15, 0.2) is 11.5 Å². The van der Waals surface area contributed by atoms with E-state index in [0.29, 0.717) is 6.04 Å². The van der Waals surface area contributed by atoms with Crippen molar-refractivity contribution in [2.24, 2.45) is 0 Å². The van der Waals surface area contributed by atoms with Gasteiger partial charge in [0.2, 0.25) is 0 Å². The molecule has 0 heterocycles. The smallest absolute Gasteiger partial charge is 0.161 e. The van der Waals surface area contributed by atoms with Crippen LogP contribution in [0, 0.1) is 0 Å². The van der Waals surface area contributed by atoms with Crippen LogP contribution in [-0.2, 0) is 6.54 Å². The molecule has 0 spiro atoms. The Morgan fingerprint density at radius 1 is 1.00 bits per heavy atom. The minimum Gasteiger partial charge on any atom is -0.493 e. The fraction of sp³-hybridized carbons (Fsp3) is 0.625. The normalized spacial score (nSPS) is 16.9. The lowest BCUT2D eigenvalue weighted by Gasteiger charge is -2.17. The molecule has 1 aromatic rings. The second-order valence-corrected chi connectivity index (χ2v) is 5.26. The Bertz CT molecular complexity index is 384. The number of ether oxygens (including phenoxy) is 2. The van der Waals surface area contributed by atoms with Gasteiger partial charge in [-0.25, -0.2) is 0 Å². The maximum atomic E-state index is 5.34. The Labute approximate surface area is 116 Å². The first-order chi connectivity index (χ1) is 9.33. The predicted octanol–water partition coefficient (Wildman–Crippen LogP) is 3.52. The summed E-state index contributed by atoms with van der Waals surface area (Å²) in [6.07, 6.45) is 8.15. The minimum absolute atomic E-state index is 0.676. The molecule has 1 aromatic carbocycles. The second kappa shape index (κ2) is 7.39. The van der Waals surface area contributed by atoms with Gasteiger partial charge in [-0.05, 0) is 30.5 Å². The van der Waals surface area contributed by atoms with Crippen molar-refractivity contribution in [2.75, 3.05) is 14.2 Å². The molecule has 1 saturated carbocycles. The molecule has 0 atom stereocenters. The van der Waals surface area contributed by atoms with E-state index in [2.05, 4.69) is 17.4 Å². The summed E-state index contributed by atoms with van der Waals surface area (Å²) in [7, 11) is 3.35. The largest absolute Gasteiger partial charge is 0.493 e. The van der Waals surface area contributed by atoms with E-state index in [1.165, 1.54) is 44.1 Å². The molecule has 0 saturated heterocycles. The van der Waals surface area contributed by atoms with Crippen LogP contribution in [0.5, 0.6) is 11.5 Å². The predicted molar refractivity (Wildman–Crippen MR) is 77.9 cm³/mol. The highest BCUT2D eigenvalue weighted by Crippen LogP contribution is 2.27. The zero-order valence-corrected chi connectivity index (χ0v) is 12.1. The molecule has 3 nitrogen and oxygen atoms in total. The standard InChI is InChI=1S/C16H25NO2/c1-18-15-10-9-13(11-16(15)19-2)12-17-14-7-5-3-4-6-8-14/h9-11,14,17H,3-8,12H2,1-2H3. The summed E-state index contributed by atoms with van der Waals surface area (Å²) in [5.41, 5.74) is 1.25. The number of hydrogen-bond donors (Lipinski definition) is 1. The Morgan fingerprint density at radius 3 is 2.32 bits per heavy atom. The molecule has 1 aliphatic rings. The Balaban J connectivity index is 1.91. The van der Waals surface area contributed by atoms with Crippen LogP contribution >= 0.6 is 0 Å². The highest BCUT2D eigenvalue weighted by atomic mass is 16.5. The third kappa shape index (κ3) is 4.13. The molecular weight excluding hydrogens is 238 g/mol. The van der Waals surface area contributed by atoms with Gasteiger partial charge in [-0.15, -0.1) is 0 Å². The van der Waals surface area contributed by atoms with Crippen LogP contribution in [0.2, 0.25) is 0 Å². The van der Waals surface area contributed by atoms with E-state index in [-0.39, 0.29) is 0 Å². The van der Waals surface area contributed by atoms with Gasteiger partial charge in [-0.3, -0.25) is 0 Å². The molecule has 2 rings (SSSR count). The van der Waals surface area contributed by atoms with E-state index in [1.807, 2.05) is 6.07 Å². The van der Waals surface area contributed by atoms with Crippen LogP contribution in [0.1, 0.15) is 44.1 Å². The van der Waals surface area contributed by atoms with Crippen LogP contribution in [-0.4, -0.2) is 20.3 Å². The molecule has 1 fully saturated rings. The topological polar surface area (TPSA) is 30.5 Å². The van der Waals surface area contributed by atoms with Crippen molar-refractivity contribution in [3.8, 4) is 11.5 Å². The van der Waals surface area contributed by atoms with Crippen LogP contribution in [0.25, 0.3) is 0 Å². The fourth-order valence-electron chi connectivity index (χ4n) is 2.74. The van der Waals surface area contributed by atoms with Crippen molar-refractivity contribution in [1.82, 2.24) is 5.32 Å². The van der Waals surface area contributed by atoms with Crippen molar-refractivity contribution in [1.29, 1.82) is 0 Å². The maximum absolute atomic E-state index is 5.34. The summed E-state index contributed by atoms with van der Waals surface area (Å²) >= 11 is 0. The molecule has 0 aliphatic heterocycles. The van der Waals surface area contributed by atoms with E-state index in [9.17, 15) is 0 Å². The van der Waals surface area contributed by atoms with E-state index < -0.39 is 0 Å². The molecule has 1 aliphatic carbocycles. The highest BCUT2D eigenvalue weighted by Gasteiger charge is 2.12. The van der Waals surface area contributed by atoms with E-state index in [4.69, 9.17) is 9.47 Å². The van der Waals surface area contributed by atoms with Crippen LogP contribution in [0.15, 0.2) is 18.2 Å². The fourth-order valence-corrected chi connectivity index (χ4v) is 2.74.